The van der Waals surface area contributed by atoms with Crippen LogP contribution in [0.2, 0.25) is 0 Å². The van der Waals surface area contributed by atoms with Gasteiger partial charge in [-0.15, -0.1) is 0 Å². The number of hydrogen-bond acceptors (Lipinski definition) is 4. The average Bonchev–Trinajstić information content (AvgIpc) is 3.00. The molecule has 0 saturated carbocycles. The summed E-state index contributed by atoms with van der Waals surface area (Å²) in [5.41, 5.74) is 3.40. The number of ether oxygens (including phenoxy) is 2. The van der Waals surface area contributed by atoms with Gasteiger partial charge in [0.15, 0.2) is 0 Å². The Morgan fingerprint density at radius 3 is 2.90 bits per heavy atom. The van der Waals surface area contributed by atoms with Crippen LogP contribution in [-0.4, -0.2) is 37.9 Å². The van der Waals surface area contributed by atoms with E-state index >= 15 is 0 Å². The van der Waals surface area contributed by atoms with E-state index < -0.39 is 0 Å². The first-order valence-electron chi connectivity index (χ1n) is 7.97. The Kier molecular flexibility index (Phi) is 6.00. The summed E-state index contributed by atoms with van der Waals surface area (Å²) in [7, 11) is 1.73. The average molecular weight is 292 g/mol. The van der Waals surface area contributed by atoms with Gasteiger partial charge in [-0.2, -0.15) is 0 Å². The summed E-state index contributed by atoms with van der Waals surface area (Å²) in [6.07, 6.45) is 5.15. The SMILES string of the molecule is CCCNC(Cc1ncc(C)c(OC)c1C)C1CCOC1. The number of nitrogens with zero attached hydrogens (tertiary/aromatic N) is 1. The molecule has 4 nitrogen and oxygen atoms in total. The van der Waals surface area contributed by atoms with Crippen LogP contribution in [0.4, 0.5) is 0 Å². The molecule has 2 heterocycles. The molecule has 1 fully saturated rings. The fraction of sp³-hybridized carbons (Fsp3) is 0.706. The smallest absolute Gasteiger partial charge is 0.128 e. The number of pyridine rings is 1. The molecule has 1 aliphatic rings. The predicted octanol–water partition coefficient (Wildman–Crippen LogP) is 2.65. The molecule has 0 bridgehead atoms. The number of aryl methyl sites for hydroxylation is 1. The number of nitrogens with one attached hydrogen (secondary N) is 1. The van der Waals surface area contributed by atoms with E-state index in [0.717, 1.165) is 56.0 Å². The molecule has 4 heteroatoms. The molecule has 1 N–H and O–H groups in total. The first-order chi connectivity index (χ1) is 10.2. The topological polar surface area (TPSA) is 43.4 Å². The molecule has 1 aliphatic heterocycles. The highest BCUT2D eigenvalue weighted by Crippen LogP contribution is 2.27. The van der Waals surface area contributed by atoms with Gasteiger partial charge in [-0.3, -0.25) is 4.98 Å². The highest BCUT2D eigenvalue weighted by molar-refractivity contribution is 5.41. The number of methoxy groups -OCH3 is 1. The first-order valence-corrected chi connectivity index (χ1v) is 7.97. The third kappa shape index (κ3) is 3.95. The highest BCUT2D eigenvalue weighted by Gasteiger charge is 2.26. The summed E-state index contributed by atoms with van der Waals surface area (Å²) in [4.78, 5) is 4.64. The van der Waals surface area contributed by atoms with Crippen molar-refractivity contribution >= 4 is 0 Å². The molecule has 2 atom stereocenters. The molecule has 0 spiro atoms. The predicted molar refractivity (Wildman–Crippen MR) is 85.0 cm³/mol. The summed E-state index contributed by atoms with van der Waals surface area (Å²) in [6, 6.07) is 0.436. The molecule has 118 valence electrons. The van der Waals surface area contributed by atoms with Gasteiger partial charge in [-0.05, 0) is 33.2 Å². The van der Waals surface area contributed by atoms with Crippen molar-refractivity contribution in [3.8, 4) is 5.75 Å². The molecular formula is C17H28N2O2. The fourth-order valence-corrected chi connectivity index (χ4v) is 3.09. The van der Waals surface area contributed by atoms with Crippen LogP contribution in [0.3, 0.4) is 0 Å². The minimum Gasteiger partial charge on any atom is -0.496 e. The Bertz CT molecular complexity index is 456. The minimum atomic E-state index is 0.436. The standard InChI is InChI=1S/C17H28N2O2/c1-5-7-18-16(14-6-8-21-11-14)9-15-13(3)17(20-4)12(2)10-19-15/h10,14,16,18H,5-9,11H2,1-4H3. The maximum atomic E-state index is 5.56. The molecule has 2 rings (SSSR count). The highest BCUT2D eigenvalue weighted by atomic mass is 16.5. The van der Waals surface area contributed by atoms with E-state index in [9.17, 15) is 0 Å². The molecule has 0 aliphatic carbocycles. The van der Waals surface area contributed by atoms with Gasteiger partial charge in [-0.1, -0.05) is 6.92 Å². The number of rotatable bonds is 7. The van der Waals surface area contributed by atoms with E-state index in [0.29, 0.717) is 12.0 Å². The van der Waals surface area contributed by atoms with Crippen molar-refractivity contribution in [3.63, 3.8) is 0 Å². The Labute approximate surface area is 128 Å². The van der Waals surface area contributed by atoms with Gasteiger partial charge in [0.05, 0.1) is 13.7 Å². The molecule has 1 aromatic rings. The van der Waals surface area contributed by atoms with Crippen LogP contribution in [0.5, 0.6) is 5.75 Å². The van der Waals surface area contributed by atoms with Crippen LogP contribution in [0.1, 0.15) is 36.6 Å². The second-order valence-corrected chi connectivity index (χ2v) is 5.93. The lowest BCUT2D eigenvalue weighted by molar-refractivity contribution is 0.176. The van der Waals surface area contributed by atoms with Gasteiger partial charge < -0.3 is 14.8 Å². The van der Waals surface area contributed by atoms with Crippen LogP contribution in [-0.2, 0) is 11.2 Å². The van der Waals surface area contributed by atoms with Gasteiger partial charge in [0.1, 0.15) is 5.75 Å². The largest absolute Gasteiger partial charge is 0.496 e. The minimum absolute atomic E-state index is 0.436. The lowest BCUT2D eigenvalue weighted by Gasteiger charge is -2.24. The van der Waals surface area contributed by atoms with Crippen molar-refractivity contribution in [1.82, 2.24) is 10.3 Å². The zero-order valence-corrected chi connectivity index (χ0v) is 13.7. The molecule has 1 saturated heterocycles. The van der Waals surface area contributed by atoms with E-state index in [1.54, 1.807) is 7.11 Å². The fourth-order valence-electron chi connectivity index (χ4n) is 3.09. The molecule has 0 amide bonds. The summed E-state index contributed by atoms with van der Waals surface area (Å²) in [6.45, 7) is 9.15. The Balaban J connectivity index is 2.15. The van der Waals surface area contributed by atoms with Crippen molar-refractivity contribution < 1.29 is 9.47 Å². The zero-order chi connectivity index (χ0) is 15.2. The van der Waals surface area contributed by atoms with Crippen molar-refractivity contribution in [3.05, 3.63) is 23.0 Å². The van der Waals surface area contributed by atoms with Crippen molar-refractivity contribution in [2.45, 2.75) is 46.1 Å². The first kappa shape index (κ1) is 16.2. The summed E-state index contributed by atoms with van der Waals surface area (Å²) >= 11 is 0. The van der Waals surface area contributed by atoms with E-state index in [4.69, 9.17) is 9.47 Å². The summed E-state index contributed by atoms with van der Waals surface area (Å²) < 4.78 is 11.1. The van der Waals surface area contributed by atoms with Crippen LogP contribution in [0.25, 0.3) is 0 Å². The molecular weight excluding hydrogens is 264 g/mol. The van der Waals surface area contributed by atoms with Gasteiger partial charge in [-0.25, -0.2) is 0 Å². The molecule has 21 heavy (non-hydrogen) atoms. The molecule has 0 radical (unpaired) electrons. The van der Waals surface area contributed by atoms with Gasteiger partial charge in [0, 0.05) is 48.0 Å². The molecule has 2 unspecified atom stereocenters. The third-order valence-corrected chi connectivity index (χ3v) is 4.35. The Morgan fingerprint density at radius 1 is 1.48 bits per heavy atom. The van der Waals surface area contributed by atoms with Gasteiger partial charge >= 0.3 is 0 Å². The Hall–Kier alpha value is -1.13. The second-order valence-electron chi connectivity index (χ2n) is 5.93. The van der Waals surface area contributed by atoms with Crippen molar-refractivity contribution in [2.24, 2.45) is 5.92 Å². The number of hydrogen-bond donors (Lipinski definition) is 1. The monoisotopic (exact) mass is 292 g/mol. The van der Waals surface area contributed by atoms with Crippen molar-refractivity contribution in [2.75, 3.05) is 26.9 Å². The van der Waals surface area contributed by atoms with Crippen LogP contribution in [0.15, 0.2) is 6.20 Å². The van der Waals surface area contributed by atoms with Gasteiger partial charge in [0.25, 0.3) is 0 Å². The lowest BCUT2D eigenvalue weighted by Crippen LogP contribution is -2.39. The van der Waals surface area contributed by atoms with Crippen LogP contribution >= 0.6 is 0 Å². The van der Waals surface area contributed by atoms with E-state index in [-0.39, 0.29) is 0 Å². The summed E-state index contributed by atoms with van der Waals surface area (Å²) in [5.74, 6) is 1.56. The quantitative estimate of drug-likeness (QED) is 0.839. The molecule has 1 aromatic heterocycles. The number of aromatic nitrogens is 1. The van der Waals surface area contributed by atoms with Crippen LogP contribution in [0, 0.1) is 19.8 Å². The van der Waals surface area contributed by atoms with E-state index in [1.807, 2.05) is 13.1 Å². The lowest BCUT2D eigenvalue weighted by atomic mass is 9.93. The second kappa shape index (κ2) is 7.76. The maximum Gasteiger partial charge on any atom is 0.128 e. The Morgan fingerprint density at radius 2 is 2.29 bits per heavy atom. The zero-order valence-electron chi connectivity index (χ0n) is 13.7. The van der Waals surface area contributed by atoms with Gasteiger partial charge in [0.2, 0.25) is 0 Å². The normalized spacial score (nSPS) is 19.7. The summed E-state index contributed by atoms with van der Waals surface area (Å²) in [5, 5.41) is 3.68. The third-order valence-electron chi connectivity index (χ3n) is 4.35. The van der Waals surface area contributed by atoms with Crippen molar-refractivity contribution in [1.29, 1.82) is 0 Å². The van der Waals surface area contributed by atoms with E-state index in [2.05, 4.69) is 24.1 Å². The molecule has 0 aromatic carbocycles. The van der Waals surface area contributed by atoms with E-state index in [1.165, 1.54) is 5.56 Å². The van der Waals surface area contributed by atoms with Crippen LogP contribution < -0.4 is 10.1 Å². The maximum absolute atomic E-state index is 5.56.